The number of hydrogen-bond acceptors (Lipinski definition) is 4. The average molecular weight is 246 g/mol. The van der Waals surface area contributed by atoms with Crippen molar-refractivity contribution in [1.82, 2.24) is 14.8 Å². The zero-order chi connectivity index (χ0) is 13.1. The highest BCUT2D eigenvalue weighted by Crippen LogP contribution is 2.26. The molecule has 0 saturated carbocycles. The highest BCUT2D eigenvalue weighted by Gasteiger charge is 2.08. The van der Waals surface area contributed by atoms with Crippen molar-refractivity contribution in [3.63, 3.8) is 0 Å². The summed E-state index contributed by atoms with van der Waals surface area (Å²) in [6.45, 7) is 7.21. The van der Waals surface area contributed by atoms with Gasteiger partial charge in [0, 0.05) is 12.2 Å². The summed E-state index contributed by atoms with van der Waals surface area (Å²) >= 11 is 0. The molecule has 18 heavy (non-hydrogen) atoms. The van der Waals surface area contributed by atoms with Crippen molar-refractivity contribution in [2.24, 2.45) is 0 Å². The molecule has 2 N–H and O–H groups in total. The Balaban J connectivity index is 2.16. The maximum atomic E-state index is 5.83. The number of nitrogen functional groups attached to an aromatic ring is 1. The first-order chi connectivity index (χ1) is 8.61. The van der Waals surface area contributed by atoms with Crippen molar-refractivity contribution in [2.45, 2.75) is 33.9 Å². The second-order valence-electron chi connectivity index (χ2n) is 4.26. The van der Waals surface area contributed by atoms with E-state index in [0.29, 0.717) is 6.61 Å². The predicted molar refractivity (Wildman–Crippen MR) is 70.4 cm³/mol. The number of nitrogens with two attached hydrogens (primary N) is 1. The Morgan fingerprint density at radius 3 is 2.56 bits per heavy atom. The number of benzene rings is 1. The van der Waals surface area contributed by atoms with Crippen LogP contribution in [0.15, 0.2) is 18.5 Å². The van der Waals surface area contributed by atoms with Crippen molar-refractivity contribution in [3.05, 3.63) is 35.4 Å². The van der Waals surface area contributed by atoms with Gasteiger partial charge in [-0.15, -0.1) is 0 Å². The third kappa shape index (κ3) is 2.45. The van der Waals surface area contributed by atoms with Crippen LogP contribution in [0.4, 0.5) is 5.69 Å². The van der Waals surface area contributed by atoms with Crippen LogP contribution in [-0.2, 0) is 13.2 Å². The number of rotatable bonds is 4. The van der Waals surface area contributed by atoms with Gasteiger partial charge in [-0.05, 0) is 44.0 Å². The van der Waals surface area contributed by atoms with Crippen molar-refractivity contribution in [3.8, 4) is 5.75 Å². The maximum Gasteiger partial charge on any atom is 0.164 e. The third-order valence-corrected chi connectivity index (χ3v) is 2.82. The molecule has 96 valence electrons. The lowest BCUT2D eigenvalue weighted by atomic mass is 10.1. The topological polar surface area (TPSA) is 66.0 Å². The summed E-state index contributed by atoms with van der Waals surface area (Å²) in [6, 6.07) is 3.82. The summed E-state index contributed by atoms with van der Waals surface area (Å²) in [5, 5.41) is 4.11. The van der Waals surface area contributed by atoms with Gasteiger partial charge in [0.2, 0.25) is 0 Å². The molecule has 5 heteroatoms. The summed E-state index contributed by atoms with van der Waals surface area (Å²) in [4.78, 5) is 4.18. The van der Waals surface area contributed by atoms with E-state index in [4.69, 9.17) is 10.5 Å². The summed E-state index contributed by atoms with van der Waals surface area (Å²) in [6.07, 6.45) is 1.55. The van der Waals surface area contributed by atoms with E-state index in [-0.39, 0.29) is 0 Å². The molecule has 0 spiro atoms. The van der Waals surface area contributed by atoms with E-state index in [1.807, 2.05) is 37.6 Å². The van der Waals surface area contributed by atoms with E-state index < -0.39 is 0 Å². The van der Waals surface area contributed by atoms with Gasteiger partial charge in [-0.3, -0.25) is 0 Å². The Bertz CT molecular complexity index is 525. The third-order valence-electron chi connectivity index (χ3n) is 2.82. The van der Waals surface area contributed by atoms with Crippen LogP contribution in [0.5, 0.6) is 5.75 Å². The molecule has 0 unspecified atom stereocenters. The first-order valence-electron chi connectivity index (χ1n) is 5.98. The van der Waals surface area contributed by atoms with Crippen molar-refractivity contribution >= 4 is 5.69 Å². The maximum absolute atomic E-state index is 5.83. The second-order valence-corrected chi connectivity index (χ2v) is 4.26. The molecule has 0 fully saturated rings. The zero-order valence-electron chi connectivity index (χ0n) is 11.0. The Morgan fingerprint density at radius 2 is 1.94 bits per heavy atom. The molecular weight excluding hydrogens is 228 g/mol. The molecule has 0 amide bonds. The molecular formula is C13H18N4O. The number of nitrogens with zero attached hydrogens (tertiary/aromatic N) is 3. The Kier molecular flexibility index (Phi) is 3.50. The van der Waals surface area contributed by atoms with E-state index >= 15 is 0 Å². The number of ether oxygens (including phenoxy) is 1. The number of anilines is 1. The van der Waals surface area contributed by atoms with Gasteiger partial charge in [-0.25, -0.2) is 9.67 Å². The summed E-state index contributed by atoms with van der Waals surface area (Å²) in [7, 11) is 0. The van der Waals surface area contributed by atoms with Crippen LogP contribution in [0, 0.1) is 13.8 Å². The van der Waals surface area contributed by atoms with Crippen LogP contribution < -0.4 is 10.5 Å². The highest BCUT2D eigenvalue weighted by atomic mass is 16.5. The van der Waals surface area contributed by atoms with Gasteiger partial charge in [-0.2, -0.15) is 5.10 Å². The van der Waals surface area contributed by atoms with Gasteiger partial charge in [0.15, 0.2) is 5.82 Å². The molecule has 2 aromatic rings. The van der Waals surface area contributed by atoms with Crippen LogP contribution in [0.2, 0.25) is 0 Å². The quantitative estimate of drug-likeness (QED) is 0.839. The van der Waals surface area contributed by atoms with E-state index in [0.717, 1.165) is 34.9 Å². The van der Waals surface area contributed by atoms with Gasteiger partial charge in [0.1, 0.15) is 18.7 Å². The van der Waals surface area contributed by atoms with Gasteiger partial charge < -0.3 is 10.5 Å². The number of aromatic nitrogens is 3. The first-order valence-corrected chi connectivity index (χ1v) is 5.98. The molecule has 0 aliphatic rings. The fourth-order valence-corrected chi connectivity index (χ4v) is 2.01. The Labute approximate surface area is 107 Å². The van der Waals surface area contributed by atoms with E-state index in [1.165, 1.54) is 0 Å². The number of aryl methyl sites for hydroxylation is 3. The molecule has 0 aliphatic heterocycles. The van der Waals surface area contributed by atoms with Gasteiger partial charge in [-0.1, -0.05) is 0 Å². The van der Waals surface area contributed by atoms with Crippen LogP contribution in [0.25, 0.3) is 0 Å². The van der Waals surface area contributed by atoms with Crippen molar-refractivity contribution in [2.75, 3.05) is 5.73 Å². The lowest BCUT2D eigenvalue weighted by Crippen LogP contribution is -2.08. The molecule has 1 heterocycles. The molecule has 1 aromatic carbocycles. The van der Waals surface area contributed by atoms with Crippen molar-refractivity contribution < 1.29 is 4.74 Å². The minimum absolute atomic E-state index is 0.416. The minimum atomic E-state index is 0.416. The molecule has 5 nitrogen and oxygen atoms in total. The summed E-state index contributed by atoms with van der Waals surface area (Å²) in [5.74, 6) is 1.70. The Morgan fingerprint density at radius 1 is 1.28 bits per heavy atom. The monoisotopic (exact) mass is 246 g/mol. The summed E-state index contributed by atoms with van der Waals surface area (Å²) in [5.41, 5.74) is 8.62. The van der Waals surface area contributed by atoms with E-state index in [9.17, 15) is 0 Å². The molecule has 0 radical (unpaired) electrons. The predicted octanol–water partition coefficient (Wildman–Crippen LogP) is 2.08. The fraction of sp³-hybridized carbons (Fsp3) is 0.385. The summed E-state index contributed by atoms with van der Waals surface area (Å²) < 4.78 is 7.65. The fourth-order valence-electron chi connectivity index (χ4n) is 2.01. The van der Waals surface area contributed by atoms with Gasteiger partial charge in [0.05, 0.1) is 0 Å². The molecule has 0 aliphatic carbocycles. The SMILES string of the molecule is CCn1ncnc1COc1c(C)cc(N)cc1C. The highest BCUT2D eigenvalue weighted by molar-refractivity contribution is 5.52. The van der Waals surface area contributed by atoms with Crippen LogP contribution in [0.1, 0.15) is 23.9 Å². The molecule has 0 atom stereocenters. The van der Waals surface area contributed by atoms with Crippen LogP contribution in [0.3, 0.4) is 0 Å². The number of hydrogen-bond donors (Lipinski definition) is 1. The average Bonchev–Trinajstić information content (AvgIpc) is 2.75. The standard InChI is InChI=1S/C13H18N4O/c1-4-17-12(15-8-16-17)7-18-13-9(2)5-11(14)6-10(13)3/h5-6,8H,4,7,14H2,1-3H3. The molecule has 0 saturated heterocycles. The van der Waals surface area contributed by atoms with Gasteiger partial charge >= 0.3 is 0 Å². The van der Waals surface area contributed by atoms with Crippen molar-refractivity contribution in [1.29, 1.82) is 0 Å². The zero-order valence-corrected chi connectivity index (χ0v) is 11.0. The van der Waals surface area contributed by atoms with E-state index in [2.05, 4.69) is 10.1 Å². The molecule has 1 aromatic heterocycles. The molecule has 0 bridgehead atoms. The Hall–Kier alpha value is -2.04. The van der Waals surface area contributed by atoms with Crippen LogP contribution >= 0.6 is 0 Å². The van der Waals surface area contributed by atoms with E-state index in [1.54, 1.807) is 6.33 Å². The smallest absolute Gasteiger partial charge is 0.164 e. The molecule has 2 rings (SSSR count). The largest absolute Gasteiger partial charge is 0.485 e. The minimum Gasteiger partial charge on any atom is -0.485 e. The first kappa shape index (κ1) is 12.4. The van der Waals surface area contributed by atoms with Crippen LogP contribution in [-0.4, -0.2) is 14.8 Å². The lowest BCUT2D eigenvalue weighted by Gasteiger charge is -2.12. The second kappa shape index (κ2) is 5.08. The van der Waals surface area contributed by atoms with Gasteiger partial charge in [0.25, 0.3) is 0 Å². The normalized spacial score (nSPS) is 10.6. The lowest BCUT2D eigenvalue weighted by molar-refractivity contribution is 0.283.